The number of likely N-dealkylation sites (tertiary alicyclic amines) is 2. The van der Waals surface area contributed by atoms with Crippen molar-refractivity contribution in [3.05, 3.63) is 35.9 Å². The molecule has 1 saturated carbocycles. The van der Waals surface area contributed by atoms with Crippen LogP contribution in [0.3, 0.4) is 0 Å². The number of carbonyl (C=O) groups excluding carboxylic acids is 1. The van der Waals surface area contributed by atoms with Gasteiger partial charge in [-0.15, -0.1) is 0 Å². The number of nitrogens with zero attached hydrogens (tertiary/aromatic N) is 2. The Hall–Kier alpha value is -1.39. The van der Waals surface area contributed by atoms with E-state index in [1.165, 1.54) is 31.5 Å². The van der Waals surface area contributed by atoms with Crippen molar-refractivity contribution in [1.29, 1.82) is 0 Å². The molecule has 3 fully saturated rings. The Kier molecular flexibility index (Phi) is 5.30. The van der Waals surface area contributed by atoms with Crippen molar-refractivity contribution in [2.75, 3.05) is 33.2 Å². The first-order chi connectivity index (χ1) is 13.0. The van der Waals surface area contributed by atoms with Crippen molar-refractivity contribution >= 4 is 5.91 Å². The minimum absolute atomic E-state index is 0.0128. The summed E-state index contributed by atoms with van der Waals surface area (Å²) in [5.41, 5.74) is 1.71. The largest absolute Gasteiger partial charge is 0.349 e. The lowest BCUT2D eigenvalue weighted by atomic mass is 9.76. The predicted molar refractivity (Wildman–Crippen MR) is 110 cm³/mol. The SMILES string of the molecule is CCCN1CC2(CCN(C)CC2)C[C@@H]1C(=O)NC1(Cc2ccccc2)CC1. The molecular weight excluding hydrogens is 334 g/mol. The van der Waals surface area contributed by atoms with Gasteiger partial charge in [-0.2, -0.15) is 0 Å². The molecule has 1 N–H and O–H groups in total. The molecule has 1 spiro atoms. The van der Waals surface area contributed by atoms with Gasteiger partial charge < -0.3 is 10.2 Å². The topological polar surface area (TPSA) is 35.6 Å². The number of nitrogens with one attached hydrogen (secondary N) is 1. The number of carbonyl (C=O) groups is 1. The van der Waals surface area contributed by atoms with E-state index >= 15 is 0 Å². The number of piperidine rings is 1. The zero-order chi connectivity index (χ0) is 18.9. The van der Waals surface area contributed by atoms with Gasteiger partial charge in [0.15, 0.2) is 0 Å². The van der Waals surface area contributed by atoms with Crippen molar-refractivity contribution in [2.45, 2.75) is 63.5 Å². The van der Waals surface area contributed by atoms with E-state index in [-0.39, 0.29) is 17.5 Å². The fourth-order valence-electron chi connectivity index (χ4n) is 5.21. The molecule has 148 valence electrons. The Labute approximate surface area is 164 Å². The van der Waals surface area contributed by atoms with Gasteiger partial charge in [-0.05, 0) is 82.6 Å². The van der Waals surface area contributed by atoms with E-state index < -0.39 is 0 Å². The molecule has 4 nitrogen and oxygen atoms in total. The highest BCUT2D eigenvalue weighted by molar-refractivity contribution is 5.83. The van der Waals surface area contributed by atoms with Crippen LogP contribution in [0.1, 0.15) is 51.0 Å². The molecule has 2 aliphatic heterocycles. The Balaban J connectivity index is 1.42. The van der Waals surface area contributed by atoms with Gasteiger partial charge in [-0.3, -0.25) is 9.69 Å². The predicted octanol–water partition coefficient (Wildman–Crippen LogP) is 3.07. The molecule has 1 aromatic carbocycles. The van der Waals surface area contributed by atoms with E-state index in [1.54, 1.807) is 0 Å². The van der Waals surface area contributed by atoms with Crippen LogP contribution in [0.15, 0.2) is 30.3 Å². The quantitative estimate of drug-likeness (QED) is 0.837. The molecule has 1 aromatic rings. The first-order valence-corrected chi connectivity index (χ1v) is 10.8. The van der Waals surface area contributed by atoms with Gasteiger partial charge >= 0.3 is 0 Å². The lowest BCUT2D eigenvalue weighted by Gasteiger charge is -2.37. The summed E-state index contributed by atoms with van der Waals surface area (Å²) in [7, 11) is 2.22. The Morgan fingerprint density at radius 2 is 1.85 bits per heavy atom. The second kappa shape index (κ2) is 7.56. The zero-order valence-corrected chi connectivity index (χ0v) is 17.0. The average Bonchev–Trinajstić information content (AvgIpc) is 3.31. The molecule has 0 radical (unpaired) electrons. The molecule has 27 heavy (non-hydrogen) atoms. The molecule has 3 aliphatic rings. The minimum atomic E-state index is 0.0128. The minimum Gasteiger partial charge on any atom is -0.349 e. The molecule has 4 rings (SSSR count). The van der Waals surface area contributed by atoms with E-state index in [9.17, 15) is 4.79 Å². The maximum absolute atomic E-state index is 13.3. The van der Waals surface area contributed by atoms with Crippen LogP contribution in [0.4, 0.5) is 0 Å². The van der Waals surface area contributed by atoms with Crippen LogP contribution in [-0.4, -0.2) is 60.5 Å². The molecule has 0 bridgehead atoms. The van der Waals surface area contributed by atoms with Gasteiger partial charge in [0.25, 0.3) is 0 Å². The van der Waals surface area contributed by atoms with Gasteiger partial charge in [-0.25, -0.2) is 0 Å². The smallest absolute Gasteiger partial charge is 0.237 e. The van der Waals surface area contributed by atoms with Crippen molar-refractivity contribution in [3.63, 3.8) is 0 Å². The second-order valence-corrected chi connectivity index (χ2v) is 9.43. The van der Waals surface area contributed by atoms with Gasteiger partial charge in [0.05, 0.1) is 6.04 Å². The fraction of sp³-hybridized carbons (Fsp3) is 0.696. The third-order valence-electron chi connectivity index (χ3n) is 7.09. The molecule has 1 atom stereocenters. The van der Waals surface area contributed by atoms with E-state index in [0.29, 0.717) is 5.41 Å². The summed E-state index contributed by atoms with van der Waals surface area (Å²) in [6.45, 7) is 6.73. The average molecular weight is 370 g/mol. The van der Waals surface area contributed by atoms with Crippen LogP contribution in [0.2, 0.25) is 0 Å². The fourth-order valence-corrected chi connectivity index (χ4v) is 5.21. The highest BCUT2D eigenvalue weighted by atomic mass is 16.2. The molecular formula is C23H35N3O. The summed E-state index contributed by atoms with van der Waals surface area (Å²) in [5.74, 6) is 0.285. The third kappa shape index (κ3) is 4.22. The third-order valence-corrected chi connectivity index (χ3v) is 7.09. The Bertz CT molecular complexity index is 647. The molecule has 1 aliphatic carbocycles. The maximum Gasteiger partial charge on any atom is 0.237 e. The standard InChI is InChI=1S/C23H35N3O/c1-3-13-26-18-22(11-14-25(2)15-12-22)17-20(26)21(27)24-23(9-10-23)16-19-7-5-4-6-8-19/h4-8,20H,3,9-18H2,1-2H3,(H,24,27)/t20-/m1/s1. The van der Waals surface area contributed by atoms with Crippen LogP contribution in [0.25, 0.3) is 0 Å². The van der Waals surface area contributed by atoms with E-state index in [4.69, 9.17) is 0 Å². The molecule has 4 heteroatoms. The van der Waals surface area contributed by atoms with Crippen LogP contribution in [-0.2, 0) is 11.2 Å². The first kappa shape index (κ1) is 18.9. The number of benzene rings is 1. The van der Waals surface area contributed by atoms with Crippen LogP contribution < -0.4 is 5.32 Å². The number of hydrogen-bond donors (Lipinski definition) is 1. The van der Waals surface area contributed by atoms with Crippen molar-refractivity contribution < 1.29 is 4.79 Å². The van der Waals surface area contributed by atoms with Crippen molar-refractivity contribution in [2.24, 2.45) is 5.41 Å². The second-order valence-electron chi connectivity index (χ2n) is 9.43. The zero-order valence-electron chi connectivity index (χ0n) is 17.0. The monoisotopic (exact) mass is 369 g/mol. The Morgan fingerprint density at radius 1 is 1.15 bits per heavy atom. The van der Waals surface area contributed by atoms with Crippen LogP contribution >= 0.6 is 0 Å². The number of rotatable bonds is 6. The van der Waals surface area contributed by atoms with Crippen LogP contribution in [0.5, 0.6) is 0 Å². The lowest BCUT2D eigenvalue weighted by molar-refractivity contribution is -0.126. The molecule has 2 saturated heterocycles. The summed E-state index contributed by atoms with van der Waals surface area (Å²) in [6.07, 6.45) is 7.85. The normalized spacial score (nSPS) is 27.0. The Morgan fingerprint density at radius 3 is 2.48 bits per heavy atom. The van der Waals surface area contributed by atoms with Crippen molar-refractivity contribution in [1.82, 2.24) is 15.1 Å². The highest BCUT2D eigenvalue weighted by Crippen LogP contribution is 2.44. The van der Waals surface area contributed by atoms with E-state index in [0.717, 1.165) is 45.2 Å². The van der Waals surface area contributed by atoms with Crippen LogP contribution in [0, 0.1) is 5.41 Å². The van der Waals surface area contributed by atoms with Crippen molar-refractivity contribution in [3.8, 4) is 0 Å². The summed E-state index contributed by atoms with van der Waals surface area (Å²) in [4.78, 5) is 18.2. The maximum atomic E-state index is 13.3. The summed E-state index contributed by atoms with van der Waals surface area (Å²) >= 11 is 0. The van der Waals surface area contributed by atoms with E-state index in [1.807, 2.05) is 0 Å². The summed E-state index contributed by atoms with van der Waals surface area (Å²) in [6, 6.07) is 10.7. The first-order valence-electron chi connectivity index (χ1n) is 10.8. The summed E-state index contributed by atoms with van der Waals surface area (Å²) < 4.78 is 0. The number of amides is 1. The van der Waals surface area contributed by atoms with Gasteiger partial charge in [0, 0.05) is 12.1 Å². The van der Waals surface area contributed by atoms with Gasteiger partial charge in [0.1, 0.15) is 0 Å². The van der Waals surface area contributed by atoms with Gasteiger partial charge in [0.2, 0.25) is 5.91 Å². The molecule has 2 heterocycles. The highest BCUT2D eigenvalue weighted by Gasteiger charge is 2.50. The molecule has 1 amide bonds. The van der Waals surface area contributed by atoms with Gasteiger partial charge in [-0.1, -0.05) is 37.3 Å². The summed E-state index contributed by atoms with van der Waals surface area (Å²) in [5, 5.41) is 3.49. The molecule has 0 unspecified atom stereocenters. The number of hydrogen-bond acceptors (Lipinski definition) is 3. The molecule has 0 aromatic heterocycles. The lowest BCUT2D eigenvalue weighted by Crippen LogP contribution is -2.48. The van der Waals surface area contributed by atoms with E-state index in [2.05, 4.69) is 59.4 Å².